The smallest absolute Gasteiger partial charge is 0.237 e. The fourth-order valence-corrected chi connectivity index (χ4v) is 5.91. The third-order valence-corrected chi connectivity index (χ3v) is 7.46. The molecule has 1 aromatic heterocycles. The molecule has 2 heterocycles. The van der Waals surface area contributed by atoms with Crippen molar-refractivity contribution in [2.24, 2.45) is 0 Å². The van der Waals surface area contributed by atoms with E-state index in [9.17, 15) is 4.79 Å². The molecule has 0 fully saturated rings. The topological polar surface area (TPSA) is 61.9 Å². The molecule has 0 bridgehead atoms. The van der Waals surface area contributed by atoms with Crippen molar-refractivity contribution < 1.29 is 4.79 Å². The van der Waals surface area contributed by atoms with Gasteiger partial charge < -0.3 is 4.90 Å². The van der Waals surface area contributed by atoms with E-state index in [-0.39, 0.29) is 22.6 Å². The van der Waals surface area contributed by atoms with E-state index in [0.29, 0.717) is 11.0 Å². The Kier molecular flexibility index (Phi) is 5.78. The molecule has 5 rings (SSSR count). The molecular weight excluding hydrogens is 440 g/mol. The second-order valence-electron chi connectivity index (χ2n) is 9.55. The van der Waals surface area contributed by atoms with Crippen LogP contribution in [0, 0.1) is 0 Å². The summed E-state index contributed by atoms with van der Waals surface area (Å²) in [5.41, 5.74) is 3.87. The lowest BCUT2D eigenvalue weighted by Gasteiger charge is -2.51. The highest BCUT2D eigenvalue weighted by atomic mass is 32.2. The predicted octanol–water partition coefficient (Wildman–Crippen LogP) is 6.09. The zero-order valence-corrected chi connectivity index (χ0v) is 20.5. The number of amides is 1. The van der Waals surface area contributed by atoms with Crippen molar-refractivity contribution in [2.45, 2.75) is 43.3 Å². The number of benzene rings is 3. The van der Waals surface area contributed by atoms with Gasteiger partial charge in [0.1, 0.15) is 0 Å². The van der Waals surface area contributed by atoms with E-state index in [1.807, 2.05) is 47.4 Å². The third kappa shape index (κ3) is 4.03. The molecule has 1 N–H and O–H groups in total. The fraction of sp³-hybridized carbons (Fsp3) is 0.250. The Hall–Kier alpha value is -3.38. The minimum atomic E-state index is -0.356. The number of carbonyl (C=O) groups excluding carboxylic acids is 1. The second-order valence-corrected chi connectivity index (χ2v) is 10.5. The van der Waals surface area contributed by atoms with Gasteiger partial charge in [-0.2, -0.15) is 0 Å². The first kappa shape index (κ1) is 22.4. The number of thioether (sulfide) groups is 1. The molecular formula is C28H28N4OS. The molecule has 34 heavy (non-hydrogen) atoms. The van der Waals surface area contributed by atoms with Gasteiger partial charge in [0.2, 0.25) is 11.1 Å². The highest BCUT2D eigenvalue weighted by Crippen LogP contribution is 2.50. The number of rotatable bonds is 5. The van der Waals surface area contributed by atoms with Gasteiger partial charge in [0.15, 0.2) is 5.82 Å². The number of hydrogen-bond donors (Lipinski definition) is 1. The molecule has 4 aromatic rings. The molecule has 1 atom stereocenters. The third-order valence-electron chi connectivity index (χ3n) is 6.63. The summed E-state index contributed by atoms with van der Waals surface area (Å²) in [5.74, 6) is 1.03. The van der Waals surface area contributed by atoms with Crippen LogP contribution in [0.3, 0.4) is 0 Å². The second kappa shape index (κ2) is 8.76. The van der Waals surface area contributed by atoms with Crippen LogP contribution >= 0.6 is 11.8 Å². The van der Waals surface area contributed by atoms with Gasteiger partial charge in [-0.1, -0.05) is 97.5 Å². The normalized spacial score (nSPS) is 19.0. The highest BCUT2D eigenvalue weighted by molar-refractivity contribution is 7.99. The minimum absolute atomic E-state index is 0.0589. The maximum atomic E-state index is 13.6. The van der Waals surface area contributed by atoms with Crippen LogP contribution in [0.25, 0.3) is 11.4 Å². The number of nitrogens with zero attached hydrogens (tertiary/aromatic N) is 3. The van der Waals surface area contributed by atoms with E-state index in [0.717, 1.165) is 17.7 Å². The van der Waals surface area contributed by atoms with Gasteiger partial charge in [0, 0.05) is 22.2 Å². The average molecular weight is 469 g/mol. The predicted molar refractivity (Wildman–Crippen MR) is 138 cm³/mol. The Labute approximate surface area is 204 Å². The molecule has 5 nitrogen and oxygen atoms in total. The van der Waals surface area contributed by atoms with Gasteiger partial charge in [-0.15, -0.1) is 5.10 Å². The van der Waals surface area contributed by atoms with Crippen molar-refractivity contribution in [3.05, 3.63) is 96.1 Å². The molecule has 1 unspecified atom stereocenters. The number of H-pyrrole nitrogens is 1. The molecule has 1 amide bonds. The molecule has 1 aliphatic rings. The van der Waals surface area contributed by atoms with Crippen LogP contribution in [0.4, 0.5) is 5.69 Å². The summed E-state index contributed by atoms with van der Waals surface area (Å²) in [5, 5.41) is 7.86. The number of carbonyl (C=O) groups is 1. The van der Waals surface area contributed by atoms with E-state index in [2.05, 4.69) is 78.4 Å². The lowest BCUT2D eigenvalue weighted by atomic mass is 9.65. The maximum absolute atomic E-state index is 13.6. The lowest BCUT2D eigenvalue weighted by Crippen LogP contribution is -2.56. The molecule has 0 radical (unpaired) electrons. The zero-order chi connectivity index (χ0) is 23.8. The molecule has 1 aliphatic heterocycles. The molecule has 172 valence electrons. The fourth-order valence-electron chi connectivity index (χ4n) is 5.26. The summed E-state index contributed by atoms with van der Waals surface area (Å²) in [6.45, 7) is 6.61. The van der Waals surface area contributed by atoms with Crippen LogP contribution in [0.1, 0.15) is 38.3 Å². The lowest BCUT2D eigenvalue weighted by molar-refractivity contribution is -0.117. The number of aromatic nitrogens is 3. The number of fused-ring (bicyclic) bond motifs is 1. The standard InChI is InChI=1S/C28H28N4OS/c1-27(2)19-28(3,21-14-8-5-9-15-21)22-16-10-11-17-23(22)32(27)24(33)18-34-26-29-25(30-31-26)20-12-6-4-7-13-20/h4-17H,18-19H2,1-3H3,(H,29,30,31). The quantitative estimate of drug-likeness (QED) is 0.360. The van der Waals surface area contributed by atoms with Crippen LogP contribution in [-0.2, 0) is 10.2 Å². The van der Waals surface area contributed by atoms with Crippen LogP contribution in [-0.4, -0.2) is 32.4 Å². The van der Waals surface area contributed by atoms with Gasteiger partial charge in [-0.05, 0) is 37.5 Å². The Morgan fingerprint density at radius 1 is 0.941 bits per heavy atom. The summed E-state index contributed by atoms with van der Waals surface area (Å²) >= 11 is 1.36. The first-order valence-electron chi connectivity index (χ1n) is 11.5. The van der Waals surface area contributed by atoms with Gasteiger partial charge in [-0.25, -0.2) is 4.98 Å². The Morgan fingerprint density at radius 2 is 1.59 bits per heavy atom. The van der Waals surface area contributed by atoms with Crippen molar-refractivity contribution in [3.8, 4) is 11.4 Å². The van der Waals surface area contributed by atoms with E-state index in [4.69, 9.17) is 0 Å². The van der Waals surface area contributed by atoms with Crippen molar-refractivity contribution in [1.29, 1.82) is 0 Å². The van der Waals surface area contributed by atoms with Crippen molar-refractivity contribution >= 4 is 23.4 Å². The maximum Gasteiger partial charge on any atom is 0.237 e. The molecule has 0 saturated carbocycles. The molecule has 3 aromatic carbocycles. The number of anilines is 1. The Morgan fingerprint density at radius 3 is 2.32 bits per heavy atom. The molecule has 0 saturated heterocycles. The number of hydrogen-bond acceptors (Lipinski definition) is 4. The van der Waals surface area contributed by atoms with Crippen LogP contribution < -0.4 is 4.90 Å². The first-order valence-corrected chi connectivity index (χ1v) is 12.5. The van der Waals surface area contributed by atoms with Crippen molar-refractivity contribution in [2.75, 3.05) is 10.7 Å². The number of aromatic amines is 1. The molecule has 0 aliphatic carbocycles. The number of para-hydroxylation sites is 1. The van der Waals surface area contributed by atoms with Gasteiger partial charge in [0.05, 0.1) is 5.75 Å². The van der Waals surface area contributed by atoms with E-state index in [1.165, 1.54) is 22.9 Å². The molecule has 6 heteroatoms. The Balaban J connectivity index is 1.41. The number of nitrogens with one attached hydrogen (secondary N) is 1. The summed E-state index contributed by atoms with van der Waals surface area (Å²) in [6, 6.07) is 28.8. The van der Waals surface area contributed by atoms with E-state index in [1.54, 1.807) is 0 Å². The van der Waals surface area contributed by atoms with Crippen molar-refractivity contribution in [3.63, 3.8) is 0 Å². The van der Waals surface area contributed by atoms with Gasteiger partial charge >= 0.3 is 0 Å². The highest BCUT2D eigenvalue weighted by Gasteiger charge is 2.47. The van der Waals surface area contributed by atoms with Crippen molar-refractivity contribution in [1.82, 2.24) is 15.2 Å². The average Bonchev–Trinajstić information content (AvgIpc) is 3.32. The molecule has 0 spiro atoms. The summed E-state index contributed by atoms with van der Waals surface area (Å²) in [7, 11) is 0. The van der Waals surface area contributed by atoms with Gasteiger partial charge in [0.25, 0.3) is 0 Å². The zero-order valence-electron chi connectivity index (χ0n) is 19.7. The SMILES string of the molecule is CC1(c2ccccc2)CC(C)(C)N(C(=O)CSc2n[nH]c(-c3ccccc3)n2)c2ccccc21. The van der Waals surface area contributed by atoms with Crippen LogP contribution in [0.5, 0.6) is 0 Å². The monoisotopic (exact) mass is 468 g/mol. The first-order chi connectivity index (χ1) is 16.4. The van der Waals surface area contributed by atoms with Crippen LogP contribution in [0.15, 0.2) is 90.1 Å². The summed E-state index contributed by atoms with van der Waals surface area (Å²) in [4.78, 5) is 20.2. The van der Waals surface area contributed by atoms with Crippen LogP contribution in [0.2, 0.25) is 0 Å². The summed E-state index contributed by atoms with van der Waals surface area (Å²) in [6.07, 6.45) is 0.830. The minimum Gasteiger partial charge on any atom is -0.306 e. The van der Waals surface area contributed by atoms with E-state index >= 15 is 0 Å². The Bertz CT molecular complexity index is 1300. The van der Waals surface area contributed by atoms with Gasteiger partial charge in [-0.3, -0.25) is 9.89 Å². The van der Waals surface area contributed by atoms with E-state index < -0.39 is 0 Å². The summed E-state index contributed by atoms with van der Waals surface area (Å²) < 4.78 is 0. The largest absolute Gasteiger partial charge is 0.306 e.